The third kappa shape index (κ3) is 3.96. The molecule has 0 spiro atoms. The molecular weight excluding hydrogens is 493 g/mol. The number of hydrogen-bond acceptors (Lipinski definition) is 9. The van der Waals surface area contributed by atoms with Crippen molar-refractivity contribution in [2.75, 3.05) is 12.3 Å². The van der Waals surface area contributed by atoms with Gasteiger partial charge in [-0.2, -0.15) is 9.97 Å². The number of nitrogens with two attached hydrogens (primary N) is 1. The minimum atomic E-state index is -2.71. The fourth-order valence-corrected chi connectivity index (χ4v) is 4.28. The minimum Gasteiger partial charge on any atom is -0.459 e. The Morgan fingerprint density at radius 2 is 1.75 bits per heavy atom. The number of hydrogen-bond donors (Lipinski definition) is 2. The van der Waals surface area contributed by atoms with Crippen molar-refractivity contribution in [3.8, 4) is 0 Å². The number of anilines is 1. The molecule has 0 amide bonds. The number of benzene rings is 2. The first-order valence-electron chi connectivity index (χ1n) is 10.8. The fourth-order valence-electron chi connectivity index (χ4n) is 4.11. The lowest BCUT2D eigenvalue weighted by atomic mass is 9.85. The van der Waals surface area contributed by atoms with Crippen LogP contribution < -0.4 is 5.73 Å². The van der Waals surface area contributed by atoms with Crippen molar-refractivity contribution in [1.29, 1.82) is 0 Å². The molecule has 184 valence electrons. The second-order valence-electron chi connectivity index (χ2n) is 8.10. The van der Waals surface area contributed by atoms with Crippen molar-refractivity contribution in [2.45, 2.75) is 24.1 Å². The van der Waals surface area contributed by atoms with Crippen LogP contribution in [0.25, 0.3) is 11.2 Å². The second kappa shape index (κ2) is 9.26. The van der Waals surface area contributed by atoms with Crippen LogP contribution in [-0.2, 0) is 9.47 Å². The molecule has 4 aromatic rings. The summed E-state index contributed by atoms with van der Waals surface area (Å²) in [7, 11) is 0. The van der Waals surface area contributed by atoms with Gasteiger partial charge in [-0.05, 0) is 23.7 Å². The lowest BCUT2D eigenvalue weighted by Gasteiger charge is -2.28. The Morgan fingerprint density at radius 3 is 2.42 bits per heavy atom. The number of aliphatic hydroxyl groups is 1. The van der Waals surface area contributed by atoms with Crippen LogP contribution in [0.1, 0.15) is 26.9 Å². The van der Waals surface area contributed by atoms with Gasteiger partial charge in [-0.1, -0.05) is 48.5 Å². The Kier molecular flexibility index (Phi) is 6.12. The summed E-state index contributed by atoms with van der Waals surface area (Å²) in [5.41, 5.74) is 3.59. The zero-order valence-corrected chi connectivity index (χ0v) is 19.2. The number of halogens is 2. The van der Waals surface area contributed by atoms with Crippen molar-refractivity contribution in [1.82, 2.24) is 19.5 Å². The van der Waals surface area contributed by atoms with E-state index >= 15 is 4.39 Å². The standard InChI is InChI=1S/C24H19ClFN5O5/c25-23-29-19(27)16-20(30-23)31(12-28-16)21-17(26)24(34,18(32)13-7-3-1-4-8-13)15(36-21)11-35-22(33)14-9-5-2-6-10-14/h1-10,12,15,17,21,34H,11H2,(H2,27,29,30)/t15-,17-,21-,24-/m1/s1. The van der Waals surface area contributed by atoms with Crippen LogP contribution in [-0.4, -0.2) is 60.9 Å². The highest BCUT2D eigenvalue weighted by Crippen LogP contribution is 2.43. The zero-order valence-electron chi connectivity index (χ0n) is 18.5. The Hall–Kier alpha value is -3.93. The fraction of sp³-hybridized carbons (Fsp3) is 0.208. The minimum absolute atomic E-state index is 0.0385. The summed E-state index contributed by atoms with van der Waals surface area (Å²) in [6.07, 6.45) is -4.25. The molecule has 4 atom stereocenters. The van der Waals surface area contributed by atoms with Crippen LogP contribution in [0.15, 0.2) is 67.0 Å². The molecule has 3 N–H and O–H groups in total. The number of nitrogen functional groups attached to an aromatic ring is 1. The molecule has 12 heteroatoms. The highest BCUT2D eigenvalue weighted by molar-refractivity contribution is 6.28. The second-order valence-corrected chi connectivity index (χ2v) is 8.44. The van der Waals surface area contributed by atoms with Crippen LogP contribution in [0.4, 0.5) is 10.2 Å². The van der Waals surface area contributed by atoms with Gasteiger partial charge in [0.2, 0.25) is 5.28 Å². The first kappa shape index (κ1) is 23.8. The van der Waals surface area contributed by atoms with E-state index < -0.39 is 42.5 Å². The molecule has 1 saturated heterocycles. The van der Waals surface area contributed by atoms with Gasteiger partial charge in [0, 0.05) is 5.56 Å². The number of imidazole rings is 1. The molecule has 1 aliphatic heterocycles. The number of Topliss-reactive ketones (excluding diaryl/α,β-unsaturated/α-hetero) is 1. The van der Waals surface area contributed by atoms with Gasteiger partial charge in [0.25, 0.3) is 0 Å². The van der Waals surface area contributed by atoms with Crippen LogP contribution in [0.3, 0.4) is 0 Å². The summed E-state index contributed by atoms with van der Waals surface area (Å²) >= 11 is 5.92. The Morgan fingerprint density at radius 1 is 1.11 bits per heavy atom. The number of rotatable bonds is 6. The molecule has 0 bridgehead atoms. The van der Waals surface area contributed by atoms with Gasteiger partial charge in [0.15, 0.2) is 35.2 Å². The van der Waals surface area contributed by atoms with Gasteiger partial charge in [0.1, 0.15) is 18.2 Å². The number of aromatic nitrogens is 4. The van der Waals surface area contributed by atoms with Crippen LogP contribution in [0.2, 0.25) is 5.28 Å². The van der Waals surface area contributed by atoms with Crippen LogP contribution in [0.5, 0.6) is 0 Å². The van der Waals surface area contributed by atoms with E-state index in [0.717, 1.165) is 4.57 Å². The Balaban J connectivity index is 1.52. The number of ketones is 1. The van der Waals surface area contributed by atoms with E-state index in [2.05, 4.69) is 15.0 Å². The predicted molar refractivity (Wildman–Crippen MR) is 126 cm³/mol. The number of nitrogens with zero attached hydrogens (tertiary/aromatic N) is 4. The van der Waals surface area contributed by atoms with Gasteiger partial charge in [0.05, 0.1) is 11.9 Å². The first-order chi connectivity index (χ1) is 17.3. The van der Waals surface area contributed by atoms with E-state index in [-0.39, 0.29) is 33.4 Å². The third-order valence-corrected chi connectivity index (χ3v) is 6.10. The zero-order chi connectivity index (χ0) is 25.4. The number of alkyl halides is 1. The van der Waals surface area contributed by atoms with E-state index in [1.807, 2.05) is 0 Å². The molecular formula is C24H19ClFN5O5. The van der Waals surface area contributed by atoms with E-state index in [9.17, 15) is 14.7 Å². The monoisotopic (exact) mass is 511 g/mol. The number of fused-ring (bicyclic) bond motifs is 1. The van der Waals surface area contributed by atoms with Gasteiger partial charge < -0.3 is 20.3 Å². The summed E-state index contributed by atoms with van der Waals surface area (Å²) in [6, 6.07) is 15.8. The number of carbonyl (C=O) groups is 2. The predicted octanol–water partition coefficient (Wildman–Crippen LogP) is 2.77. The average Bonchev–Trinajstić information content (AvgIpc) is 3.42. The molecule has 3 heterocycles. The van der Waals surface area contributed by atoms with Crippen molar-refractivity contribution in [2.24, 2.45) is 0 Å². The van der Waals surface area contributed by atoms with Crippen molar-refractivity contribution < 1.29 is 28.6 Å². The maximum Gasteiger partial charge on any atom is 0.338 e. The largest absolute Gasteiger partial charge is 0.459 e. The quantitative estimate of drug-likeness (QED) is 0.227. The highest BCUT2D eigenvalue weighted by atomic mass is 35.5. The summed E-state index contributed by atoms with van der Waals surface area (Å²) < 4.78 is 28.3. The molecule has 36 heavy (non-hydrogen) atoms. The van der Waals surface area contributed by atoms with Crippen LogP contribution in [0, 0.1) is 0 Å². The lowest BCUT2D eigenvalue weighted by molar-refractivity contribution is -0.0730. The topological polar surface area (TPSA) is 142 Å². The Labute approximate surface area is 208 Å². The summed E-state index contributed by atoms with van der Waals surface area (Å²) in [6.45, 7) is -0.607. The van der Waals surface area contributed by atoms with Crippen molar-refractivity contribution >= 4 is 40.3 Å². The molecule has 2 aromatic heterocycles. The maximum atomic E-state index is 16.1. The van der Waals surface area contributed by atoms with E-state index in [1.54, 1.807) is 36.4 Å². The highest BCUT2D eigenvalue weighted by Gasteiger charge is 2.62. The SMILES string of the molecule is Nc1nc(Cl)nc2c1ncn2[C@@H]1O[C@H](COC(=O)c2ccccc2)[C@](O)(C(=O)c2ccccc2)[C@@H]1F. The van der Waals surface area contributed by atoms with Crippen molar-refractivity contribution in [3.05, 3.63) is 83.4 Å². The normalized spacial score (nSPS) is 23.6. The number of carbonyl (C=O) groups excluding carboxylic acids is 2. The molecule has 1 aliphatic rings. The van der Waals surface area contributed by atoms with Crippen LogP contribution >= 0.6 is 11.6 Å². The van der Waals surface area contributed by atoms with Gasteiger partial charge in [-0.15, -0.1) is 0 Å². The number of esters is 1. The van der Waals surface area contributed by atoms with Crippen molar-refractivity contribution in [3.63, 3.8) is 0 Å². The molecule has 0 saturated carbocycles. The van der Waals surface area contributed by atoms with Gasteiger partial charge >= 0.3 is 5.97 Å². The molecule has 0 unspecified atom stereocenters. The Bertz CT molecular complexity index is 1440. The molecule has 5 rings (SSSR count). The summed E-state index contributed by atoms with van der Waals surface area (Å²) in [5, 5.41) is 11.3. The molecule has 2 aromatic carbocycles. The van der Waals surface area contributed by atoms with E-state index in [1.165, 1.54) is 30.6 Å². The maximum absolute atomic E-state index is 16.1. The van der Waals surface area contributed by atoms with Gasteiger partial charge in [-0.25, -0.2) is 14.2 Å². The molecule has 0 radical (unpaired) electrons. The first-order valence-corrected chi connectivity index (χ1v) is 11.2. The molecule has 1 fully saturated rings. The smallest absolute Gasteiger partial charge is 0.338 e. The van der Waals surface area contributed by atoms with E-state index in [0.29, 0.717) is 0 Å². The van der Waals surface area contributed by atoms with Gasteiger partial charge in [-0.3, -0.25) is 9.36 Å². The third-order valence-electron chi connectivity index (χ3n) is 5.94. The number of ether oxygens (including phenoxy) is 2. The summed E-state index contributed by atoms with van der Waals surface area (Å²) in [5.74, 6) is -1.70. The average molecular weight is 512 g/mol. The lowest BCUT2D eigenvalue weighted by Crippen LogP contribution is -2.54. The summed E-state index contributed by atoms with van der Waals surface area (Å²) in [4.78, 5) is 37.8. The molecule has 10 nitrogen and oxygen atoms in total. The van der Waals surface area contributed by atoms with E-state index in [4.69, 9.17) is 26.8 Å². The molecule has 0 aliphatic carbocycles.